The molecule has 0 spiro atoms. The van der Waals surface area contributed by atoms with Gasteiger partial charge in [-0.2, -0.15) is 0 Å². The summed E-state index contributed by atoms with van der Waals surface area (Å²) < 4.78 is 26.7. The monoisotopic (exact) mass is 213 g/mol. The van der Waals surface area contributed by atoms with E-state index in [1.807, 2.05) is 0 Å². The van der Waals surface area contributed by atoms with Crippen LogP contribution >= 0.6 is 0 Å². The molecule has 1 unspecified atom stereocenters. The van der Waals surface area contributed by atoms with E-state index in [0.717, 1.165) is 0 Å². The molecule has 0 aliphatic heterocycles. The Labute approximate surface area is 75.3 Å². The van der Waals surface area contributed by atoms with E-state index in [2.05, 4.69) is 16.0 Å². The van der Waals surface area contributed by atoms with Gasteiger partial charge in [0.15, 0.2) is 0 Å². The van der Waals surface area contributed by atoms with Crippen molar-refractivity contribution in [3.63, 3.8) is 0 Å². The van der Waals surface area contributed by atoms with Gasteiger partial charge in [0.1, 0.15) is 6.79 Å². The molecule has 0 amide bonds. The summed E-state index contributed by atoms with van der Waals surface area (Å²) in [5, 5.41) is 0. The Morgan fingerprint density at radius 3 is 2.38 bits per heavy atom. The van der Waals surface area contributed by atoms with E-state index >= 15 is 0 Å². The molecular weight excluding hydrogens is 209 g/mol. The number of ether oxygens (including phenoxy) is 1. The van der Waals surface area contributed by atoms with Crippen molar-refractivity contribution in [1.29, 1.82) is 0 Å². The Hall–Kier alpha value is 1.13. The van der Waals surface area contributed by atoms with Gasteiger partial charge in [0.05, 0.1) is 11.4 Å². The Kier molecular flexibility index (Phi) is 12.1. The summed E-state index contributed by atoms with van der Waals surface area (Å²) in [6.07, 6.45) is 0. The van der Waals surface area contributed by atoms with Crippen LogP contribution in [0.15, 0.2) is 0 Å². The van der Waals surface area contributed by atoms with Gasteiger partial charge in [-0.3, -0.25) is 4.18 Å². The second-order valence-electron chi connectivity index (χ2n) is 0.644. The second-order valence-corrected chi connectivity index (χ2v) is 1.29. The van der Waals surface area contributed by atoms with E-state index in [1.165, 1.54) is 0 Å². The summed E-state index contributed by atoms with van der Waals surface area (Å²) in [5.41, 5.74) is 0. The predicted octanol–water partition coefficient (Wildman–Crippen LogP) is -0.440. The van der Waals surface area contributed by atoms with E-state index in [4.69, 9.17) is 0 Å². The Morgan fingerprint density at radius 1 is 1.75 bits per heavy atom. The summed E-state index contributed by atoms with van der Waals surface area (Å²) in [6, 6.07) is 0. The van der Waals surface area contributed by atoms with Crippen LogP contribution in [0.3, 0.4) is 0 Å². The normalized spacial score (nSPS) is 12.2. The fraction of sp³-hybridized carbons (Fsp3) is 0.500. The van der Waals surface area contributed by atoms with E-state index in [1.54, 1.807) is 0 Å². The first-order chi connectivity index (χ1) is 3.27. The molecule has 0 N–H and O–H groups in total. The molecule has 0 aliphatic carbocycles. The first-order valence-corrected chi connectivity index (χ1v) is 2.37. The molecule has 0 saturated carbocycles. The summed E-state index contributed by atoms with van der Waals surface area (Å²) >= 11 is -2.48. The first kappa shape index (κ1) is 11.9. The maximum Gasteiger partial charge on any atom is 0.131 e. The minimum absolute atomic E-state index is 0. The zero-order valence-electron chi connectivity index (χ0n) is 4.03. The molecule has 0 aliphatic rings. The van der Waals surface area contributed by atoms with E-state index in [0.29, 0.717) is 0 Å². The van der Waals surface area contributed by atoms with Gasteiger partial charge in [0, 0.05) is 32.7 Å². The molecule has 6 heteroatoms. The molecule has 1 atom stereocenters. The number of hydrogen-bond acceptors (Lipinski definition) is 4. The third kappa shape index (κ3) is 10.2. The van der Waals surface area contributed by atoms with Crippen molar-refractivity contribution in [2.45, 2.75) is 0 Å². The van der Waals surface area contributed by atoms with E-state index in [9.17, 15) is 8.76 Å². The van der Waals surface area contributed by atoms with Crippen molar-refractivity contribution < 1.29 is 50.4 Å². The number of hydrogen-bond donors (Lipinski definition) is 0. The van der Waals surface area contributed by atoms with Crippen molar-refractivity contribution in [1.82, 2.24) is 0 Å². The van der Waals surface area contributed by atoms with Gasteiger partial charge in [-0.05, 0) is 0 Å². The van der Waals surface area contributed by atoms with Crippen molar-refractivity contribution in [3.05, 3.63) is 7.11 Å². The van der Waals surface area contributed by atoms with E-state index < -0.39 is 11.4 Å². The minimum atomic E-state index is -2.48. The molecule has 47 valence electrons. The largest absolute Gasteiger partial charge is 0.750 e. The van der Waals surface area contributed by atoms with Crippen LogP contribution in [0.2, 0.25) is 0 Å². The molecule has 0 aromatic carbocycles. The van der Waals surface area contributed by atoms with Crippen molar-refractivity contribution in [2.24, 2.45) is 0 Å². The van der Waals surface area contributed by atoms with Crippen LogP contribution in [0.5, 0.6) is 0 Å². The second kappa shape index (κ2) is 8.13. The van der Waals surface area contributed by atoms with Crippen LogP contribution in [0.4, 0.5) is 0 Å². The van der Waals surface area contributed by atoms with Gasteiger partial charge < -0.3 is 9.29 Å². The summed E-state index contributed by atoms with van der Waals surface area (Å²) in [7, 11) is 2.86. The summed E-state index contributed by atoms with van der Waals surface area (Å²) in [4.78, 5) is 0. The summed E-state index contributed by atoms with van der Waals surface area (Å²) in [6.45, 7) is -0.323. The molecule has 0 aromatic heterocycles. The van der Waals surface area contributed by atoms with Crippen molar-refractivity contribution in [3.8, 4) is 0 Å². The van der Waals surface area contributed by atoms with Gasteiger partial charge in [0.2, 0.25) is 0 Å². The maximum atomic E-state index is 9.43. The van der Waals surface area contributed by atoms with Gasteiger partial charge >= 0.3 is 0 Å². The molecule has 4 nitrogen and oxygen atoms in total. The third-order valence-corrected chi connectivity index (χ3v) is 0.516. The molecular formula is C2H4O4SY-2. The van der Waals surface area contributed by atoms with Gasteiger partial charge in [0.25, 0.3) is 0 Å². The minimum Gasteiger partial charge on any atom is -0.750 e. The molecule has 0 aromatic rings. The van der Waals surface area contributed by atoms with Crippen LogP contribution in [-0.4, -0.2) is 15.6 Å². The molecule has 0 saturated heterocycles. The SMILES string of the molecule is [CH2-]OCOS(=O)[O-].[Y]. The third-order valence-electron chi connectivity index (χ3n) is 0.228. The topological polar surface area (TPSA) is 58.6 Å². The number of rotatable bonds is 3. The zero-order valence-corrected chi connectivity index (χ0v) is 7.69. The maximum absolute atomic E-state index is 9.43. The van der Waals surface area contributed by atoms with E-state index in [-0.39, 0.29) is 39.5 Å². The average Bonchev–Trinajstić information content (AvgIpc) is 1.61. The van der Waals surface area contributed by atoms with Gasteiger partial charge in [-0.25, -0.2) is 11.3 Å². The van der Waals surface area contributed by atoms with Gasteiger partial charge in [-0.1, -0.05) is 0 Å². The average molecular weight is 213 g/mol. The molecule has 8 heavy (non-hydrogen) atoms. The van der Waals surface area contributed by atoms with Gasteiger partial charge in [-0.15, -0.1) is 0 Å². The molecule has 0 fully saturated rings. The molecule has 0 heterocycles. The van der Waals surface area contributed by atoms with Crippen molar-refractivity contribution >= 4 is 11.4 Å². The molecule has 1 radical (unpaired) electrons. The fourth-order valence-electron chi connectivity index (χ4n) is 0.0733. The van der Waals surface area contributed by atoms with Crippen LogP contribution in [0.25, 0.3) is 0 Å². The molecule has 0 rings (SSSR count). The Bertz CT molecular complexity index is 67.1. The predicted molar refractivity (Wildman–Crippen MR) is 21.3 cm³/mol. The van der Waals surface area contributed by atoms with Crippen LogP contribution < -0.4 is 0 Å². The van der Waals surface area contributed by atoms with Crippen LogP contribution in [0.1, 0.15) is 0 Å². The quantitative estimate of drug-likeness (QED) is 0.362. The fourth-order valence-corrected chi connectivity index (χ4v) is 0.220. The first-order valence-electron chi connectivity index (χ1n) is 1.37. The standard InChI is InChI=1S/C2H5O4S.Y/c1-5-2-6-7(3)4;/h1-2H2,(H,3,4);/q-1;/p-1. The summed E-state index contributed by atoms with van der Waals surface area (Å²) in [5.74, 6) is 0. The van der Waals surface area contributed by atoms with Crippen LogP contribution in [-0.2, 0) is 53.0 Å². The Morgan fingerprint density at radius 2 is 2.25 bits per heavy atom. The zero-order chi connectivity index (χ0) is 5.70. The smallest absolute Gasteiger partial charge is 0.131 e. The Balaban J connectivity index is 0. The molecule has 0 bridgehead atoms. The van der Waals surface area contributed by atoms with Crippen LogP contribution in [0, 0.1) is 7.11 Å². The van der Waals surface area contributed by atoms with Crippen molar-refractivity contribution in [2.75, 3.05) is 6.79 Å².